The largest absolute Gasteiger partial charge is 0.497 e. The van der Waals surface area contributed by atoms with Crippen molar-refractivity contribution in [3.63, 3.8) is 0 Å². The first-order valence-corrected chi connectivity index (χ1v) is 9.65. The van der Waals surface area contributed by atoms with Gasteiger partial charge in [-0.15, -0.1) is 10.2 Å². The quantitative estimate of drug-likeness (QED) is 0.770. The number of amides is 1. The van der Waals surface area contributed by atoms with Crippen LogP contribution in [-0.2, 0) is 4.79 Å². The first-order chi connectivity index (χ1) is 12.1. The fourth-order valence-corrected chi connectivity index (χ4v) is 4.50. The molecule has 0 saturated carbocycles. The second kappa shape index (κ2) is 7.92. The normalized spacial score (nSPS) is 16.9. The van der Waals surface area contributed by atoms with E-state index in [1.165, 1.54) is 23.1 Å². The van der Waals surface area contributed by atoms with Gasteiger partial charge in [-0.3, -0.25) is 4.79 Å². The molecule has 7 nitrogen and oxygen atoms in total. The molecule has 2 N–H and O–H groups in total. The average molecular weight is 380 g/mol. The maximum absolute atomic E-state index is 12.7. The molecule has 1 aromatic carbocycles. The van der Waals surface area contributed by atoms with Gasteiger partial charge in [0.2, 0.25) is 11.0 Å². The van der Waals surface area contributed by atoms with Gasteiger partial charge in [0.1, 0.15) is 11.5 Å². The molecule has 1 atom stereocenters. The highest BCUT2D eigenvalue weighted by Gasteiger charge is 2.32. The lowest BCUT2D eigenvalue weighted by Gasteiger charge is -2.26. The maximum atomic E-state index is 12.7. The Balaban J connectivity index is 1.74. The van der Waals surface area contributed by atoms with Crippen LogP contribution in [0.15, 0.2) is 22.5 Å². The summed E-state index contributed by atoms with van der Waals surface area (Å²) in [7, 11) is 3.27. The third-order valence-corrected chi connectivity index (χ3v) is 5.98. The number of methoxy groups -OCH3 is 2. The van der Waals surface area contributed by atoms with Crippen molar-refractivity contribution in [1.82, 2.24) is 15.1 Å². The van der Waals surface area contributed by atoms with Gasteiger partial charge in [0, 0.05) is 12.1 Å². The number of nitrogens with two attached hydrogens (primary N) is 1. The number of hydrogen-bond donors (Lipinski definition) is 1. The molecule has 0 bridgehead atoms. The van der Waals surface area contributed by atoms with Crippen molar-refractivity contribution < 1.29 is 14.3 Å². The van der Waals surface area contributed by atoms with E-state index in [0.29, 0.717) is 15.2 Å². The van der Waals surface area contributed by atoms with Crippen LogP contribution in [0.3, 0.4) is 0 Å². The fraction of sp³-hybridized carbons (Fsp3) is 0.438. The van der Waals surface area contributed by atoms with E-state index in [4.69, 9.17) is 15.2 Å². The van der Waals surface area contributed by atoms with Crippen LogP contribution in [-0.4, -0.2) is 47.5 Å². The summed E-state index contributed by atoms with van der Waals surface area (Å²) in [5, 5.41) is 8.12. The van der Waals surface area contributed by atoms with Gasteiger partial charge in [-0.2, -0.15) is 0 Å². The smallest absolute Gasteiger partial charge is 0.233 e. The molecule has 2 heterocycles. The Labute approximate surface area is 154 Å². The van der Waals surface area contributed by atoms with E-state index in [2.05, 4.69) is 10.2 Å². The SMILES string of the molecule is COc1ccc(OC)c([C@H]2CCCN2C(=O)CSc2nnc(N)s2)c1. The van der Waals surface area contributed by atoms with Crippen LogP contribution >= 0.6 is 23.1 Å². The highest BCUT2D eigenvalue weighted by molar-refractivity contribution is 8.01. The Hall–Kier alpha value is -2.00. The minimum absolute atomic E-state index is 0.00219. The molecule has 1 aromatic heterocycles. The molecule has 1 saturated heterocycles. The number of carbonyl (C=O) groups is 1. The van der Waals surface area contributed by atoms with Gasteiger partial charge in [0.15, 0.2) is 4.34 Å². The third-order valence-electron chi connectivity index (χ3n) is 4.11. The van der Waals surface area contributed by atoms with Crippen LogP contribution in [0.2, 0.25) is 0 Å². The first-order valence-electron chi connectivity index (χ1n) is 7.85. The van der Waals surface area contributed by atoms with E-state index in [9.17, 15) is 4.79 Å². The number of nitrogens with zero attached hydrogens (tertiary/aromatic N) is 3. The van der Waals surface area contributed by atoms with Gasteiger partial charge in [-0.05, 0) is 31.0 Å². The molecular formula is C16H20N4O3S2. The highest BCUT2D eigenvalue weighted by Crippen LogP contribution is 2.39. The third kappa shape index (κ3) is 3.98. The van der Waals surface area contributed by atoms with E-state index in [-0.39, 0.29) is 11.9 Å². The van der Waals surface area contributed by atoms with Crippen molar-refractivity contribution in [3.8, 4) is 11.5 Å². The van der Waals surface area contributed by atoms with Crippen molar-refractivity contribution in [1.29, 1.82) is 0 Å². The van der Waals surface area contributed by atoms with Gasteiger partial charge < -0.3 is 20.1 Å². The van der Waals surface area contributed by atoms with Crippen molar-refractivity contribution in [3.05, 3.63) is 23.8 Å². The van der Waals surface area contributed by atoms with Crippen LogP contribution in [0.25, 0.3) is 0 Å². The van der Waals surface area contributed by atoms with Gasteiger partial charge in [0.05, 0.1) is 26.0 Å². The summed E-state index contributed by atoms with van der Waals surface area (Å²) in [4.78, 5) is 14.6. The zero-order valence-corrected chi connectivity index (χ0v) is 15.7. The van der Waals surface area contributed by atoms with Gasteiger partial charge in [-0.25, -0.2) is 0 Å². The van der Waals surface area contributed by atoms with Gasteiger partial charge in [0.25, 0.3) is 0 Å². The standard InChI is InChI=1S/C16H20N4O3S2/c1-22-10-5-6-13(23-2)11(8-10)12-4-3-7-20(12)14(21)9-24-16-19-18-15(17)25-16/h5-6,8,12H,3-4,7,9H2,1-2H3,(H2,17,18)/t12-/m1/s1. The van der Waals surface area contributed by atoms with Gasteiger partial charge >= 0.3 is 0 Å². The molecular weight excluding hydrogens is 360 g/mol. The molecule has 25 heavy (non-hydrogen) atoms. The zero-order valence-electron chi connectivity index (χ0n) is 14.1. The summed E-state index contributed by atoms with van der Waals surface area (Å²) in [6, 6.07) is 5.69. The van der Waals surface area contributed by atoms with Crippen LogP contribution < -0.4 is 15.2 Å². The number of benzene rings is 1. The van der Waals surface area contributed by atoms with Crippen LogP contribution in [0.1, 0.15) is 24.4 Å². The Bertz CT molecular complexity index is 753. The summed E-state index contributed by atoms with van der Waals surface area (Å²) < 4.78 is 11.5. The zero-order chi connectivity index (χ0) is 17.8. The summed E-state index contributed by atoms with van der Waals surface area (Å²) in [6.45, 7) is 0.739. The molecule has 1 fully saturated rings. The Kier molecular flexibility index (Phi) is 5.64. The summed E-state index contributed by atoms with van der Waals surface area (Å²) in [5.41, 5.74) is 6.56. The predicted molar refractivity (Wildman–Crippen MR) is 98.3 cm³/mol. The summed E-state index contributed by atoms with van der Waals surface area (Å²) >= 11 is 2.66. The van der Waals surface area contributed by atoms with E-state index in [1.54, 1.807) is 14.2 Å². The summed E-state index contributed by atoms with van der Waals surface area (Å²) in [6.07, 6.45) is 1.87. The van der Waals surface area contributed by atoms with E-state index >= 15 is 0 Å². The van der Waals surface area contributed by atoms with Crippen LogP contribution in [0.4, 0.5) is 5.13 Å². The molecule has 9 heteroatoms. The number of carbonyl (C=O) groups excluding carboxylic acids is 1. The highest BCUT2D eigenvalue weighted by atomic mass is 32.2. The van der Waals surface area contributed by atoms with Crippen molar-refractivity contribution in [2.24, 2.45) is 0 Å². The van der Waals surface area contributed by atoms with Gasteiger partial charge in [-0.1, -0.05) is 23.1 Å². The molecule has 1 amide bonds. The monoisotopic (exact) mass is 380 g/mol. The van der Waals surface area contributed by atoms with Crippen molar-refractivity contribution in [2.45, 2.75) is 23.2 Å². The second-order valence-electron chi connectivity index (χ2n) is 5.55. The minimum atomic E-state index is -0.00219. The van der Waals surface area contributed by atoms with E-state index in [1.807, 2.05) is 23.1 Å². The molecule has 0 radical (unpaired) electrons. The Morgan fingerprint density at radius 1 is 1.40 bits per heavy atom. The number of rotatable bonds is 6. The minimum Gasteiger partial charge on any atom is -0.497 e. The number of thioether (sulfide) groups is 1. The first kappa shape index (κ1) is 17.8. The van der Waals surface area contributed by atoms with E-state index < -0.39 is 0 Å². The molecule has 0 spiro atoms. The van der Waals surface area contributed by atoms with Crippen molar-refractivity contribution in [2.75, 3.05) is 32.3 Å². The maximum Gasteiger partial charge on any atom is 0.233 e. The molecule has 1 aliphatic heterocycles. The molecule has 2 aromatic rings. The predicted octanol–water partition coefficient (Wildman–Crippen LogP) is 2.59. The number of ether oxygens (including phenoxy) is 2. The topological polar surface area (TPSA) is 90.6 Å². The number of hydrogen-bond acceptors (Lipinski definition) is 8. The Morgan fingerprint density at radius 2 is 2.24 bits per heavy atom. The lowest BCUT2D eigenvalue weighted by Crippen LogP contribution is -2.32. The van der Waals surface area contributed by atoms with Crippen LogP contribution in [0, 0.1) is 0 Å². The number of nitrogen functional groups attached to an aromatic ring is 1. The lowest BCUT2D eigenvalue weighted by atomic mass is 10.0. The second-order valence-corrected chi connectivity index (χ2v) is 7.78. The molecule has 0 unspecified atom stereocenters. The Morgan fingerprint density at radius 3 is 2.92 bits per heavy atom. The summed E-state index contributed by atoms with van der Waals surface area (Å²) in [5.74, 6) is 1.92. The molecule has 3 rings (SSSR count). The number of aromatic nitrogens is 2. The molecule has 1 aliphatic rings. The number of anilines is 1. The average Bonchev–Trinajstić information content (AvgIpc) is 3.28. The number of likely N-dealkylation sites (tertiary alicyclic amines) is 1. The van der Waals surface area contributed by atoms with Crippen LogP contribution in [0.5, 0.6) is 11.5 Å². The lowest BCUT2D eigenvalue weighted by molar-refractivity contribution is -0.129. The fourth-order valence-electron chi connectivity index (χ4n) is 2.97. The molecule has 0 aliphatic carbocycles. The van der Waals surface area contributed by atoms with Crippen molar-refractivity contribution >= 4 is 34.1 Å². The molecule has 134 valence electrons. The van der Waals surface area contributed by atoms with E-state index in [0.717, 1.165) is 36.4 Å².